The number of fused-ring (bicyclic) bond motifs is 1. The molecule has 19 heavy (non-hydrogen) atoms. The Hall–Kier alpha value is -1.46. The van der Waals surface area contributed by atoms with Crippen molar-refractivity contribution in [2.24, 2.45) is 0 Å². The molecule has 0 bridgehead atoms. The molecule has 0 spiro atoms. The van der Waals surface area contributed by atoms with Crippen LogP contribution in [-0.2, 0) is 12.8 Å². The van der Waals surface area contributed by atoms with Gasteiger partial charge in [0.15, 0.2) is 5.13 Å². The van der Waals surface area contributed by atoms with Crippen molar-refractivity contribution in [3.63, 3.8) is 0 Å². The second kappa shape index (κ2) is 5.67. The molecule has 0 aliphatic carbocycles. The average Bonchev–Trinajstić information content (AvgIpc) is 3.04. The summed E-state index contributed by atoms with van der Waals surface area (Å²) < 4.78 is 1.23. The van der Waals surface area contributed by atoms with E-state index in [9.17, 15) is 0 Å². The Morgan fingerprint density at radius 2 is 2.11 bits per heavy atom. The Balaban J connectivity index is 1.59. The van der Waals surface area contributed by atoms with Crippen molar-refractivity contribution in [2.75, 3.05) is 11.9 Å². The molecule has 2 aromatic heterocycles. The van der Waals surface area contributed by atoms with E-state index in [0.717, 1.165) is 30.0 Å². The van der Waals surface area contributed by atoms with E-state index in [1.807, 2.05) is 24.4 Å². The lowest BCUT2D eigenvalue weighted by Gasteiger charge is -1.99. The molecule has 5 heteroatoms. The van der Waals surface area contributed by atoms with E-state index in [4.69, 9.17) is 0 Å². The molecule has 0 radical (unpaired) electrons. The molecule has 0 saturated carbocycles. The van der Waals surface area contributed by atoms with Crippen molar-refractivity contribution in [1.29, 1.82) is 0 Å². The maximum atomic E-state index is 4.56. The number of rotatable bonds is 5. The number of aryl methyl sites for hydroxylation is 1. The molecule has 0 aliphatic heterocycles. The first-order valence-electron chi connectivity index (χ1n) is 6.38. The molecule has 1 N–H and O–H groups in total. The molecule has 0 aliphatic rings. The van der Waals surface area contributed by atoms with Crippen molar-refractivity contribution < 1.29 is 0 Å². The summed E-state index contributed by atoms with van der Waals surface area (Å²) in [5.41, 5.74) is 1.07. The third-order valence-electron chi connectivity index (χ3n) is 2.86. The van der Waals surface area contributed by atoms with Gasteiger partial charge in [-0.25, -0.2) is 9.97 Å². The molecular formula is C14H15N3S2. The van der Waals surface area contributed by atoms with Gasteiger partial charge in [0.25, 0.3) is 0 Å². The summed E-state index contributed by atoms with van der Waals surface area (Å²) in [5.74, 6) is 0. The highest BCUT2D eigenvalue weighted by atomic mass is 32.1. The van der Waals surface area contributed by atoms with Gasteiger partial charge in [0.2, 0.25) is 0 Å². The Labute approximate surface area is 120 Å². The van der Waals surface area contributed by atoms with E-state index in [2.05, 4.69) is 28.3 Å². The van der Waals surface area contributed by atoms with Crippen LogP contribution in [0.4, 0.5) is 5.13 Å². The van der Waals surface area contributed by atoms with Crippen LogP contribution in [0, 0.1) is 0 Å². The standard InChI is InChI=1S/C14H15N3S2/c1-2-10-9-16-13(18-10)7-8-15-14-17-11-5-3-4-6-12(11)19-14/h3-6,9H,2,7-8H2,1H3,(H,15,17). The minimum Gasteiger partial charge on any atom is -0.361 e. The van der Waals surface area contributed by atoms with Gasteiger partial charge in [-0.1, -0.05) is 30.4 Å². The van der Waals surface area contributed by atoms with Crippen molar-refractivity contribution in [2.45, 2.75) is 19.8 Å². The van der Waals surface area contributed by atoms with Crippen molar-refractivity contribution in [3.05, 3.63) is 40.3 Å². The van der Waals surface area contributed by atoms with Gasteiger partial charge in [-0.2, -0.15) is 0 Å². The Morgan fingerprint density at radius 3 is 2.89 bits per heavy atom. The lowest BCUT2D eigenvalue weighted by Crippen LogP contribution is -2.03. The van der Waals surface area contributed by atoms with Gasteiger partial charge in [0.05, 0.1) is 15.2 Å². The number of benzene rings is 1. The lowest BCUT2D eigenvalue weighted by atomic mass is 10.3. The second-order valence-corrected chi connectivity index (χ2v) is 6.47. The monoisotopic (exact) mass is 289 g/mol. The number of nitrogens with one attached hydrogen (secondary N) is 1. The zero-order valence-electron chi connectivity index (χ0n) is 10.7. The van der Waals surface area contributed by atoms with E-state index in [1.54, 1.807) is 22.7 Å². The zero-order valence-corrected chi connectivity index (χ0v) is 12.4. The SMILES string of the molecule is CCc1cnc(CCNc2nc3ccccc3s2)s1. The van der Waals surface area contributed by atoms with Crippen molar-refractivity contribution in [1.82, 2.24) is 9.97 Å². The third kappa shape index (κ3) is 2.93. The fraction of sp³-hybridized carbons (Fsp3) is 0.286. The van der Waals surface area contributed by atoms with Gasteiger partial charge in [-0.3, -0.25) is 0 Å². The molecule has 2 heterocycles. The molecule has 0 saturated heterocycles. The Morgan fingerprint density at radius 1 is 1.21 bits per heavy atom. The van der Waals surface area contributed by atoms with Crippen LogP contribution >= 0.6 is 22.7 Å². The number of thiazole rings is 2. The van der Waals surface area contributed by atoms with E-state index < -0.39 is 0 Å². The van der Waals surface area contributed by atoms with Gasteiger partial charge in [0, 0.05) is 24.0 Å². The molecule has 0 fully saturated rings. The lowest BCUT2D eigenvalue weighted by molar-refractivity contribution is 0.994. The highest BCUT2D eigenvalue weighted by Crippen LogP contribution is 2.25. The molecule has 3 nitrogen and oxygen atoms in total. The topological polar surface area (TPSA) is 37.8 Å². The summed E-state index contributed by atoms with van der Waals surface area (Å²) in [6, 6.07) is 8.22. The highest BCUT2D eigenvalue weighted by molar-refractivity contribution is 7.22. The Bertz CT molecular complexity index is 639. The molecular weight excluding hydrogens is 274 g/mol. The van der Waals surface area contributed by atoms with Crippen LogP contribution in [0.3, 0.4) is 0 Å². The maximum absolute atomic E-state index is 4.56. The van der Waals surface area contributed by atoms with E-state index in [0.29, 0.717) is 0 Å². The molecule has 0 unspecified atom stereocenters. The minimum absolute atomic E-state index is 0.885. The number of hydrogen-bond acceptors (Lipinski definition) is 5. The number of anilines is 1. The molecule has 0 atom stereocenters. The third-order valence-corrected chi connectivity index (χ3v) is 5.05. The van der Waals surface area contributed by atoms with Crippen LogP contribution in [0.2, 0.25) is 0 Å². The fourth-order valence-corrected chi connectivity index (χ4v) is 3.60. The number of aromatic nitrogens is 2. The van der Waals surface area contributed by atoms with Crippen LogP contribution in [0.1, 0.15) is 16.8 Å². The van der Waals surface area contributed by atoms with E-state index in [-0.39, 0.29) is 0 Å². The largest absolute Gasteiger partial charge is 0.361 e. The van der Waals surface area contributed by atoms with Gasteiger partial charge in [0.1, 0.15) is 0 Å². The molecule has 1 aromatic carbocycles. The zero-order chi connectivity index (χ0) is 13.1. The first kappa shape index (κ1) is 12.6. The highest BCUT2D eigenvalue weighted by Gasteiger charge is 2.03. The van der Waals surface area contributed by atoms with Crippen molar-refractivity contribution in [3.8, 4) is 0 Å². The number of nitrogens with zero attached hydrogens (tertiary/aromatic N) is 2. The second-order valence-electron chi connectivity index (χ2n) is 4.24. The summed E-state index contributed by atoms with van der Waals surface area (Å²) in [6.45, 7) is 3.05. The van der Waals surface area contributed by atoms with Crippen LogP contribution < -0.4 is 5.32 Å². The predicted molar refractivity (Wildman–Crippen MR) is 83.3 cm³/mol. The normalized spacial score (nSPS) is 11.0. The van der Waals surface area contributed by atoms with Crippen molar-refractivity contribution >= 4 is 38.0 Å². The summed E-state index contributed by atoms with van der Waals surface area (Å²) in [5, 5.41) is 5.58. The van der Waals surface area contributed by atoms with Gasteiger partial charge >= 0.3 is 0 Å². The average molecular weight is 289 g/mol. The smallest absolute Gasteiger partial charge is 0.183 e. The Kier molecular flexibility index (Phi) is 3.75. The van der Waals surface area contributed by atoms with Gasteiger partial charge < -0.3 is 5.32 Å². The first-order valence-corrected chi connectivity index (χ1v) is 8.01. The quantitative estimate of drug-likeness (QED) is 0.772. The minimum atomic E-state index is 0.885. The van der Waals surface area contributed by atoms with E-state index in [1.165, 1.54) is 14.6 Å². The first-order chi connectivity index (χ1) is 9.35. The summed E-state index contributed by atoms with van der Waals surface area (Å²) in [6.07, 6.45) is 4.02. The number of para-hydroxylation sites is 1. The van der Waals surface area contributed by atoms with Crippen LogP contribution in [0.25, 0.3) is 10.2 Å². The fourth-order valence-electron chi connectivity index (χ4n) is 1.85. The molecule has 0 amide bonds. The van der Waals surface area contributed by atoms with E-state index >= 15 is 0 Å². The van der Waals surface area contributed by atoms with Crippen LogP contribution in [-0.4, -0.2) is 16.5 Å². The summed E-state index contributed by atoms with van der Waals surface area (Å²) in [7, 11) is 0. The molecule has 3 rings (SSSR count). The van der Waals surface area contributed by atoms with Crippen LogP contribution in [0.5, 0.6) is 0 Å². The molecule has 3 aromatic rings. The summed E-state index contributed by atoms with van der Waals surface area (Å²) >= 11 is 3.51. The van der Waals surface area contributed by atoms with Crippen LogP contribution in [0.15, 0.2) is 30.5 Å². The summed E-state index contributed by atoms with van der Waals surface area (Å²) in [4.78, 5) is 10.3. The number of hydrogen-bond donors (Lipinski definition) is 1. The van der Waals surface area contributed by atoms with Gasteiger partial charge in [-0.15, -0.1) is 11.3 Å². The maximum Gasteiger partial charge on any atom is 0.183 e. The predicted octanol–water partition coefficient (Wildman–Crippen LogP) is 3.97. The molecule has 98 valence electrons. The van der Waals surface area contributed by atoms with Gasteiger partial charge in [-0.05, 0) is 18.6 Å².